The molecule has 0 saturated heterocycles. The summed E-state index contributed by atoms with van der Waals surface area (Å²) >= 11 is 0. The van der Waals surface area contributed by atoms with Crippen LogP contribution in [-0.2, 0) is 9.84 Å². The molecule has 106 valence electrons. The zero-order valence-electron chi connectivity index (χ0n) is 11.3. The molecule has 0 aliphatic carbocycles. The number of rotatable bonds is 4. The molecule has 0 atom stereocenters. The van der Waals surface area contributed by atoms with Crippen molar-refractivity contribution in [3.63, 3.8) is 0 Å². The van der Waals surface area contributed by atoms with Gasteiger partial charge in [-0.3, -0.25) is 0 Å². The molecule has 0 bridgehead atoms. The minimum Gasteiger partial charge on any atom is -0.507 e. The van der Waals surface area contributed by atoms with Gasteiger partial charge < -0.3 is 9.84 Å². The average Bonchev–Trinajstić information content (AvgIpc) is 2.39. The molecule has 0 amide bonds. The monoisotopic (exact) mass is 292 g/mol. The first-order valence-electron chi connectivity index (χ1n) is 6.21. The quantitative estimate of drug-likeness (QED) is 0.941. The van der Waals surface area contributed by atoms with E-state index >= 15 is 0 Å². The van der Waals surface area contributed by atoms with Gasteiger partial charge in [0.2, 0.25) is 9.84 Å². The van der Waals surface area contributed by atoms with Crippen molar-refractivity contribution in [3.8, 4) is 11.5 Å². The number of benzene rings is 2. The Labute approximate surface area is 118 Å². The van der Waals surface area contributed by atoms with Gasteiger partial charge in [0.05, 0.1) is 11.0 Å². The van der Waals surface area contributed by atoms with E-state index in [1.807, 2.05) is 13.8 Å². The summed E-state index contributed by atoms with van der Waals surface area (Å²) in [7, 11) is -3.72. The normalized spacial score (nSPS) is 11.6. The van der Waals surface area contributed by atoms with Crippen LogP contribution in [0.25, 0.3) is 0 Å². The summed E-state index contributed by atoms with van der Waals surface area (Å²) in [6.07, 6.45) is 0.0237. The van der Waals surface area contributed by atoms with Crippen molar-refractivity contribution < 1.29 is 18.3 Å². The Morgan fingerprint density at radius 1 is 1.00 bits per heavy atom. The van der Waals surface area contributed by atoms with Crippen molar-refractivity contribution in [2.24, 2.45) is 0 Å². The lowest BCUT2D eigenvalue weighted by Gasteiger charge is -2.11. The van der Waals surface area contributed by atoms with Crippen LogP contribution >= 0.6 is 0 Å². The number of aromatic hydroxyl groups is 1. The summed E-state index contributed by atoms with van der Waals surface area (Å²) in [6, 6.07) is 12.0. The molecule has 2 aromatic rings. The molecule has 5 heteroatoms. The Morgan fingerprint density at radius 3 is 2.15 bits per heavy atom. The summed E-state index contributed by atoms with van der Waals surface area (Å²) in [6.45, 7) is 3.79. The summed E-state index contributed by atoms with van der Waals surface area (Å²) in [5.41, 5.74) is 0. The van der Waals surface area contributed by atoms with Crippen molar-refractivity contribution in [1.82, 2.24) is 0 Å². The van der Waals surface area contributed by atoms with Crippen molar-refractivity contribution in [3.05, 3.63) is 48.5 Å². The Morgan fingerprint density at radius 2 is 1.60 bits per heavy atom. The highest BCUT2D eigenvalue weighted by Gasteiger charge is 2.20. The smallest absolute Gasteiger partial charge is 0.210 e. The molecule has 0 heterocycles. The number of ether oxygens (including phenoxy) is 1. The third kappa shape index (κ3) is 2.93. The first kappa shape index (κ1) is 14.4. The number of para-hydroxylation sites is 1. The Hall–Kier alpha value is -2.01. The van der Waals surface area contributed by atoms with Crippen LogP contribution in [0.3, 0.4) is 0 Å². The van der Waals surface area contributed by atoms with Gasteiger partial charge >= 0.3 is 0 Å². The topological polar surface area (TPSA) is 63.6 Å². The summed E-state index contributed by atoms with van der Waals surface area (Å²) < 4.78 is 30.2. The second-order valence-corrected chi connectivity index (χ2v) is 6.53. The second-order valence-electron chi connectivity index (χ2n) is 4.61. The van der Waals surface area contributed by atoms with Gasteiger partial charge in [-0.15, -0.1) is 0 Å². The molecule has 0 radical (unpaired) electrons. The number of sulfone groups is 1. The van der Waals surface area contributed by atoms with Gasteiger partial charge in [0.25, 0.3) is 0 Å². The molecule has 20 heavy (non-hydrogen) atoms. The van der Waals surface area contributed by atoms with E-state index in [2.05, 4.69) is 0 Å². The van der Waals surface area contributed by atoms with Crippen LogP contribution in [-0.4, -0.2) is 19.6 Å². The fourth-order valence-corrected chi connectivity index (χ4v) is 3.13. The number of phenols is 1. The van der Waals surface area contributed by atoms with Crippen LogP contribution in [0.15, 0.2) is 58.3 Å². The van der Waals surface area contributed by atoms with E-state index in [1.54, 1.807) is 24.3 Å². The van der Waals surface area contributed by atoms with Crippen LogP contribution in [0.2, 0.25) is 0 Å². The molecule has 0 saturated carbocycles. The SMILES string of the molecule is CC(C)Oc1ccc(S(=O)(=O)c2ccccc2O)cc1. The molecule has 0 aromatic heterocycles. The Balaban J connectivity index is 2.38. The predicted octanol–water partition coefficient (Wildman–Crippen LogP) is 3.01. The minimum absolute atomic E-state index is 0.0237. The zero-order chi connectivity index (χ0) is 14.8. The predicted molar refractivity (Wildman–Crippen MR) is 75.8 cm³/mol. The summed E-state index contributed by atoms with van der Waals surface area (Å²) in [5, 5.41) is 9.68. The average molecular weight is 292 g/mol. The molecule has 0 spiro atoms. The van der Waals surface area contributed by atoms with E-state index in [0.29, 0.717) is 5.75 Å². The first-order chi connectivity index (χ1) is 9.41. The van der Waals surface area contributed by atoms with E-state index in [9.17, 15) is 13.5 Å². The van der Waals surface area contributed by atoms with Crippen molar-refractivity contribution in [1.29, 1.82) is 0 Å². The highest BCUT2D eigenvalue weighted by atomic mass is 32.2. The molecule has 2 rings (SSSR count). The zero-order valence-corrected chi connectivity index (χ0v) is 12.1. The van der Waals surface area contributed by atoms with E-state index in [1.165, 1.54) is 24.3 Å². The van der Waals surface area contributed by atoms with E-state index < -0.39 is 9.84 Å². The van der Waals surface area contributed by atoms with Gasteiger partial charge in [0.1, 0.15) is 16.4 Å². The van der Waals surface area contributed by atoms with Gasteiger partial charge in [0.15, 0.2) is 0 Å². The Bertz CT molecular complexity index is 688. The molecule has 1 N–H and O–H groups in total. The molecule has 2 aromatic carbocycles. The number of hydrogen-bond donors (Lipinski definition) is 1. The van der Waals surface area contributed by atoms with Gasteiger partial charge in [0, 0.05) is 0 Å². The summed E-state index contributed by atoms with van der Waals surface area (Å²) in [5.74, 6) is 0.353. The standard InChI is InChI=1S/C15H16O4S/c1-11(2)19-12-7-9-13(10-8-12)20(17,18)15-6-4-3-5-14(15)16/h3-11,16H,1-2H3. The van der Waals surface area contributed by atoms with E-state index in [4.69, 9.17) is 4.74 Å². The van der Waals surface area contributed by atoms with Gasteiger partial charge in [-0.25, -0.2) is 8.42 Å². The highest BCUT2D eigenvalue weighted by molar-refractivity contribution is 7.91. The lowest BCUT2D eigenvalue weighted by molar-refractivity contribution is 0.242. The van der Waals surface area contributed by atoms with Gasteiger partial charge in [-0.2, -0.15) is 0 Å². The van der Waals surface area contributed by atoms with Crippen LogP contribution in [0.5, 0.6) is 11.5 Å². The maximum absolute atomic E-state index is 12.4. The van der Waals surface area contributed by atoms with Crippen LogP contribution < -0.4 is 4.74 Å². The fraction of sp³-hybridized carbons (Fsp3) is 0.200. The molecule has 0 fully saturated rings. The van der Waals surface area contributed by atoms with Crippen LogP contribution in [0, 0.1) is 0 Å². The van der Waals surface area contributed by atoms with Crippen molar-refractivity contribution in [2.75, 3.05) is 0 Å². The van der Waals surface area contributed by atoms with Crippen LogP contribution in [0.4, 0.5) is 0 Å². The third-order valence-electron chi connectivity index (χ3n) is 2.66. The molecular formula is C15H16O4S. The van der Waals surface area contributed by atoms with E-state index in [0.717, 1.165) is 0 Å². The molecule has 4 nitrogen and oxygen atoms in total. The van der Waals surface area contributed by atoms with E-state index in [-0.39, 0.29) is 21.6 Å². The number of phenolic OH excluding ortho intramolecular Hbond substituents is 1. The highest BCUT2D eigenvalue weighted by Crippen LogP contribution is 2.29. The van der Waals surface area contributed by atoms with Gasteiger partial charge in [-0.1, -0.05) is 12.1 Å². The Kier molecular flexibility index (Phi) is 3.99. The third-order valence-corrected chi connectivity index (χ3v) is 4.48. The van der Waals surface area contributed by atoms with Crippen molar-refractivity contribution in [2.45, 2.75) is 29.7 Å². The molecule has 0 aliphatic heterocycles. The fourth-order valence-electron chi connectivity index (χ4n) is 1.78. The molecule has 0 unspecified atom stereocenters. The largest absolute Gasteiger partial charge is 0.507 e. The minimum atomic E-state index is -3.72. The maximum Gasteiger partial charge on any atom is 0.210 e. The molecule has 0 aliphatic rings. The second kappa shape index (κ2) is 5.54. The van der Waals surface area contributed by atoms with Gasteiger partial charge in [-0.05, 0) is 50.2 Å². The summed E-state index contributed by atoms with van der Waals surface area (Å²) in [4.78, 5) is 0.0210. The van der Waals surface area contributed by atoms with Crippen molar-refractivity contribution >= 4 is 9.84 Å². The lowest BCUT2D eigenvalue weighted by Crippen LogP contribution is -2.06. The number of hydrogen-bond acceptors (Lipinski definition) is 4. The lowest BCUT2D eigenvalue weighted by atomic mass is 10.3. The first-order valence-corrected chi connectivity index (χ1v) is 7.69. The maximum atomic E-state index is 12.4. The molecular weight excluding hydrogens is 276 g/mol. The van der Waals surface area contributed by atoms with Crippen LogP contribution in [0.1, 0.15) is 13.8 Å².